The van der Waals surface area contributed by atoms with E-state index in [1.807, 2.05) is 24.1 Å². The summed E-state index contributed by atoms with van der Waals surface area (Å²) in [6.45, 7) is 4.68. The summed E-state index contributed by atoms with van der Waals surface area (Å²) in [6.07, 6.45) is 0.676. The first kappa shape index (κ1) is 11.9. The SMILES string of the molecule is Cc1ccc2c(c1C)N(C)C(CCN)C(=O)N2. The van der Waals surface area contributed by atoms with Gasteiger partial charge in [0, 0.05) is 7.05 Å². The molecule has 1 aromatic carbocycles. The van der Waals surface area contributed by atoms with Gasteiger partial charge in [-0.3, -0.25) is 4.79 Å². The highest BCUT2D eigenvalue weighted by Gasteiger charge is 2.30. The Morgan fingerprint density at radius 2 is 2.12 bits per heavy atom. The maximum Gasteiger partial charge on any atom is 0.247 e. The van der Waals surface area contributed by atoms with Gasteiger partial charge in [-0.05, 0) is 44.0 Å². The predicted octanol–water partition coefficient (Wildman–Crippen LogP) is 1.41. The van der Waals surface area contributed by atoms with E-state index in [2.05, 4.69) is 19.2 Å². The third kappa shape index (κ3) is 1.89. The molecule has 1 aliphatic rings. The van der Waals surface area contributed by atoms with Crippen LogP contribution in [0.3, 0.4) is 0 Å². The molecule has 0 saturated heterocycles. The van der Waals surface area contributed by atoms with Gasteiger partial charge in [0.05, 0.1) is 11.4 Å². The van der Waals surface area contributed by atoms with E-state index in [-0.39, 0.29) is 11.9 Å². The lowest BCUT2D eigenvalue weighted by Gasteiger charge is -2.36. The molecule has 1 atom stereocenters. The molecule has 1 aromatic rings. The number of aryl methyl sites for hydroxylation is 1. The molecule has 92 valence electrons. The fourth-order valence-corrected chi connectivity index (χ4v) is 2.39. The largest absolute Gasteiger partial charge is 0.361 e. The van der Waals surface area contributed by atoms with Crippen molar-refractivity contribution in [1.29, 1.82) is 0 Å². The highest BCUT2D eigenvalue weighted by Crippen LogP contribution is 2.36. The Bertz CT molecular complexity index is 456. The first-order chi connectivity index (χ1) is 8.06. The summed E-state index contributed by atoms with van der Waals surface area (Å²) in [5, 5.41) is 2.96. The van der Waals surface area contributed by atoms with Gasteiger partial charge in [-0.1, -0.05) is 6.07 Å². The molecule has 0 bridgehead atoms. The van der Waals surface area contributed by atoms with Gasteiger partial charge >= 0.3 is 0 Å². The molecule has 3 N–H and O–H groups in total. The molecule has 1 unspecified atom stereocenters. The summed E-state index contributed by atoms with van der Waals surface area (Å²) in [7, 11) is 1.96. The van der Waals surface area contributed by atoms with Crippen LogP contribution in [-0.2, 0) is 4.79 Å². The minimum atomic E-state index is -0.159. The molecule has 4 nitrogen and oxygen atoms in total. The van der Waals surface area contributed by atoms with Crippen LogP contribution in [0.4, 0.5) is 11.4 Å². The summed E-state index contributed by atoms with van der Waals surface area (Å²) in [6, 6.07) is 3.84. The first-order valence-corrected chi connectivity index (χ1v) is 5.90. The summed E-state index contributed by atoms with van der Waals surface area (Å²) in [5.74, 6) is 0.0358. The summed E-state index contributed by atoms with van der Waals surface area (Å²) in [5.41, 5.74) is 10.0. The molecule has 1 amide bonds. The fourth-order valence-electron chi connectivity index (χ4n) is 2.39. The van der Waals surface area contributed by atoms with Crippen molar-refractivity contribution in [3.8, 4) is 0 Å². The number of benzene rings is 1. The zero-order valence-electron chi connectivity index (χ0n) is 10.6. The van der Waals surface area contributed by atoms with Crippen molar-refractivity contribution >= 4 is 17.3 Å². The van der Waals surface area contributed by atoms with E-state index in [9.17, 15) is 4.79 Å². The van der Waals surface area contributed by atoms with Crippen LogP contribution in [0.2, 0.25) is 0 Å². The second kappa shape index (κ2) is 4.37. The first-order valence-electron chi connectivity index (χ1n) is 5.90. The molecule has 0 saturated carbocycles. The normalized spacial score (nSPS) is 18.9. The molecule has 4 heteroatoms. The molecule has 1 heterocycles. The van der Waals surface area contributed by atoms with E-state index in [4.69, 9.17) is 5.73 Å². The van der Waals surface area contributed by atoms with E-state index in [1.165, 1.54) is 11.1 Å². The third-order valence-corrected chi connectivity index (χ3v) is 3.52. The van der Waals surface area contributed by atoms with Crippen LogP contribution in [0.15, 0.2) is 12.1 Å². The minimum absolute atomic E-state index is 0.0358. The molecule has 0 aromatic heterocycles. The van der Waals surface area contributed by atoms with Gasteiger partial charge in [0.15, 0.2) is 0 Å². The van der Waals surface area contributed by atoms with Gasteiger partial charge in [0.1, 0.15) is 6.04 Å². The minimum Gasteiger partial charge on any atom is -0.361 e. The Labute approximate surface area is 102 Å². The number of fused-ring (bicyclic) bond motifs is 1. The monoisotopic (exact) mass is 233 g/mol. The number of amides is 1. The molecular weight excluding hydrogens is 214 g/mol. The van der Waals surface area contributed by atoms with Crippen LogP contribution >= 0.6 is 0 Å². The lowest BCUT2D eigenvalue weighted by Crippen LogP contribution is -2.47. The van der Waals surface area contributed by atoms with Crippen LogP contribution in [-0.4, -0.2) is 25.5 Å². The topological polar surface area (TPSA) is 58.4 Å². The van der Waals surface area contributed by atoms with E-state index >= 15 is 0 Å². The van der Waals surface area contributed by atoms with Crippen molar-refractivity contribution in [3.05, 3.63) is 23.3 Å². The number of likely N-dealkylation sites (N-methyl/N-ethyl adjacent to an activating group) is 1. The van der Waals surface area contributed by atoms with E-state index < -0.39 is 0 Å². The van der Waals surface area contributed by atoms with Gasteiger partial charge in [-0.25, -0.2) is 0 Å². The summed E-state index contributed by atoms with van der Waals surface area (Å²) in [4.78, 5) is 14.0. The van der Waals surface area contributed by atoms with Crippen LogP contribution in [0, 0.1) is 13.8 Å². The summed E-state index contributed by atoms with van der Waals surface area (Å²) < 4.78 is 0. The van der Waals surface area contributed by atoms with Crippen molar-refractivity contribution in [2.45, 2.75) is 26.3 Å². The average Bonchev–Trinajstić information content (AvgIpc) is 2.29. The maximum absolute atomic E-state index is 11.9. The van der Waals surface area contributed by atoms with Crippen molar-refractivity contribution < 1.29 is 4.79 Å². The van der Waals surface area contributed by atoms with Crippen molar-refractivity contribution in [2.24, 2.45) is 5.73 Å². The van der Waals surface area contributed by atoms with E-state index in [0.717, 1.165) is 11.4 Å². The third-order valence-electron chi connectivity index (χ3n) is 3.52. The molecule has 17 heavy (non-hydrogen) atoms. The lowest BCUT2D eigenvalue weighted by molar-refractivity contribution is -0.117. The lowest BCUT2D eigenvalue weighted by atomic mass is 10.00. The molecule has 0 aliphatic carbocycles. The van der Waals surface area contributed by atoms with Crippen molar-refractivity contribution in [3.63, 3.8) is 0 Å². The number of nitrogens with two attached hydrogens (primary N) is 1. The van der Waals surface area contributed by atoms with Crippen molar-refractivity contribution in [2.75, 3.05) is 23.8 Å². The van der Waals surface area contributed by atoms with Crippen LogP contribution in [0.5, 0.6) is 0 Å². The highest BCUT2D eigenvalue weighted by molar-refractivity contribution is 6.04. The maximum atomic E-state index is 11.9. The Balaban J connectivity index is 2.48. The second-order valence-electron chi connectivity index (χ2n) is 4.60. The number of anilines is 2. The fraction of sp³-hybridized carbons (Fsp3) is 0.462. The number of carbonyl (C=O) groups excluding carboxylic acids is 1. The number of hydrogen-bond acceptors (Lipinski definition) is 3. The Hall–Kier alpha value is -1.55. The zero-order valence-corrected chi connectivity index (χ0v) is 10.6. The summed E-state index contributed by atoms with van der Waals surface area (Å²) >= 11 is 0. The highest BCUT2D eigenvalue weighted by atomic mass is 16.2. The van der Waals surface area contributed by atoms with Gasteiger partial charge in [0.25, 0.3) is 0 Å². The molecule has 0 spiro atoms. The van der Waals surface area contributed by atoms with Crippen LogP contribution in [0.25, 0.3) is 0 Å². The number of hydrogen-bond donors (Lipinski definition) is 2. The number of rotatable bonds is 2. The predicted molar refractivity (Wildman–Crippen MR) is 70.4 cm³/mol. The molecule has 2 rings (SSSR count). The number of carbonyl (C=O) groups is 1. The number of nitrogens with zero attached hydrogens (tertiary/aromatic N) is 1. The average molecular weight is 233 g/mol. The second-order valence-corrected chi connectivity index (χ2v) is 4.60. The molecule has 0 radical (unpaired) electrons. The quantitative estimate of drug-likeness (QED) is 0.812. The zero-order chi connectivity index (χ0) is 12.6. The van der Waals surface area contributed by atoms with Gasteiger partial charge in [-0.2, -0.15) is 0 Å². The smallest absolute Gasteiger partial charge is 0.247 e. The van der Waals surface area contributed by atoms with Gasteiger partial charge < -0.3 is 16.0 Å². The van der Waals surface area contributed by atoms with Gasteiger partial charge in [-0.15, -0.1) is 0 Å². The van der Waals surface area contributed by atoms with E-state index in [0.29, 0.717) is 13.0 Å². The Kier molecular flexibility index (Phi) is 3.07. The molecule has 0 fully saturated rings. The van der Waals surface area contributed by atoms with Crippen LogP contribution < -0.4 is 16.0 Å². The standard InChI is InChI=1S/C13H19N3O/c1-8-4-5-10-12(9(8)2)16(3)11(6-7-14)13(17)15-10/h4-5,11H,6-7,14H2,1-3H3,(H,15,17). The van der Waals surface area contributed by atoms with Crippen molar-refractivity contribution in [1.82, 2.24) is 0 Å². The molecule has 1 aliphatic heterocycles. The van der Waals surface area contributed by atoms with Gasteiger partial charge in [0.2, 0.25) is 5.91 Å². The Morgan fingerprint density at radius 1 is 1.41 bits per heavy atom. The molecular formula is C13H19N3O. The van der Waals surface area contributed by atoms with Crippen LogP contribution in [0.1, 0.15) is 17.5 Å². The van der Waals surface area contributed by atoms with E-state index in [1.54, 1.807) is 0 Å². The Morgan fingerprint density at radius 3 is 2.76 bits per heavy atom. The number of nitrogens with one attached hydrogen (secondary N) is 1.